The molecule has 2 N–H and O–H groups in total. The molecular formula is C23H22N4O6. The summed E-state index contributed by atoms with van der Waals surface area (Å²) >= 11 is 0. The third kappa shape index (κ3) is 3.95. The minimum atomic E-state index is -1.17. The number of imide groups is 2. The number of ether oxygens (including phenoxy) is 1. The highest BCUT2D eigenvalue weighted by Gasteiger charge is 2.48. The van der Waals surface area contributed by atoms with Crippen molar-refractivity contribution in [3.05, 3.63) is 58.9 Å². The second-order valence-electron chi connectivity index (χ2n) is 7.98. The summed E-state index contributed by atoms with van der Waals surface area (Å²) in [5.41, 5.74) is -0.163. The minimum Gasteiger partial charge on any atom is -0.491 e. The van der Waals surface area contributed by atoms with Crippen LogP contribution in [0.2, 0.25) is 0 Å². The first-order chi connectivity index (χ1) is 15.7. The third-order valence-corrected chi connectivity index (χ3v) is 5.87. The monoisotopic (exact) mass is 450 g/mol. The van der Waals surface area contributed by atoms with E-state index < -0.39 is 29.2 Å². The highest BCUT2D eigenvalue weighted by molar-refractivity contribution is 6.12. The van der Waals surface area contributed by atoms with Crippen molar-refractivity contribution in [2.24, 2.45) is 0 Å². The van der Waals surface area contributed by atoms with Gasteiger partial charge < -0.3 is 9.64 Å². The molecule has 3 heterocycles. The number of carbonyl (C=O) groups excluding carboxylic acids is 5. The number of benzene rings is 1. The van der Waals surface area contributed by atoms with E-state index in [0.717, 1.165) is 0 Å². The van der Waals surface area contributed by atoms with Crippen molar-refractivity contribution in [3.63, 3.8) is 0 Å². The van der Waals surface area contributed by atoms with Gasteiger partial charge in [-0.25, -0.2) is 4.98 Å². The second-order valence-corrected chi connectivity index (χ2v) is 7.98. The molecule has 1 fully saturated rings. The Bertz CT molecular complexity index is 1190. The van der Waals surface area contributed by atoms with E-state index in [2.05, 4.69) is 15.6 Å². The molecule has 4 rings (SSSR count). The fourth-order valence-corrected chi connectivity index (χ4v) is 3.96. The van der Waals surface area contributed by atoms with E-state index in [1.54, 1.807) is 32.0 Å². The molecule has 0 saturated carbocycles. The van der Waals surface area contributed by atoms with Gasteiger partial charge in [-0.1, -0.05) is 6.07 Å². The number of piperidine rings is 1. The van der Waals surface area contributed by atoms with Crippen molar-refractivity contribution in [3.8, 4) is 5.75 Å². The summed E-state index contributed by atoms with van der Waals surface area (Å²) in [6, 6.07) is 7.72. The molecular weight excluding hydrogens is 428 g/mol. The Morgan fingerprint density at radius 1 is 1.21 bits per heavy atom. The summed E-state index contributed by atoms with van der Waals surface area (Å²) in [5.74, 6) is -2.48. The SMILES string of the molecule is CCOc1cccnc1C(=O)NC(=O)c1ccc2c(c1)C(=O)N(C1(C)CCC(=O)NC1=O)C2. The number of amides is 5. The maximum atomic E-state index is 13.1. The standard InChI is InChI=1S/C23H22N4O6/c1-3-33-16-5-4-10-24-18(16)20(30)26-19(29)13-6-7-14-12-27(21(31)15(14)11-13)23(2)9-8-17(28)25-22(23)32/h4-7,10-11H,3,8-9,12H2,1-2H3,(H,25,28,32)(H,26,29,30). The normalized spacial score (nSPS) is 19.7. The molecule has 33 heavy (non-hydrogen) atoms. The maximum absolute atomic E-state index is 13.1. The van der Waals surface area contributed by atoms with Gasteiger partial charge in [-0.15, -0.1) is 0 Å². The highest BCUT2D eigenvalue weighted by atomic mass is 16.5. The van der Waals surface area contributed by atoms with Crippen LogP contribution in [0.3, 0.4) is 0 Å². The number of hydrogen-bond donors (Lipinski definition) is 2. The molecule has 2 aliphatic rings. The Morgan fingerprint density at radius 2 is 2.00 bits per heavy atom. The van der Waals surface area contributed by atoms with Crippen LogP contribution in [-0.4, -0.2) is 51.6 Å². The number of fused-ring (bicyclic) bond motifs is 1. The Kier molecular flexibility index (Phi) is 5.67. The lowest BCUT2D eigenvalue weighted by Crippen LogP contribution is -2.61. The summed E-state index contributed by atoms with van der Waals surface area (Å²) in [7, 11) is 0. The lowest BCUT2D eigenvalue weighted by molar-refractivity contribution is -0.142. The number of hydrogen-bond acceptors (Lipinski definition) is 7. The predicted octanol–water partition coefficient (Wildman–Crippen LogP) is 1.20. The molecule has 1 aromatic carbocycles. The van der Waals surface area contributed by atoms with Crippen LogP contribution < -0.4 is 15.4 Å². The zero-order valence-electron chi connectivity index (χ0n) is 18.1. The Labute approximate surface area is 189 Å². The molecule has 10 heteroatoms. The fraction of sp³-hybridized carbons (Fsp3) is 0.304. The summed E-state index contributed by atoms with van der Waals surface area (Å²) in [6.07, 6.45) is 1.76. The number of aromatic nitrogens is 1. The number of nitrogens with zero attached hydrogens (tertiary/aromatic N) is 2. The van der Waals surface area contributed by atoms with Crippen molar-refractivity contribution >= 4 is 29.5 Å². The van der Waals surface area contributed by atoms with Gasteiger partial charge in [0.2, 0.25) is 5.91 Å². The van der Waals surface area contributed by atoms with Crippen LogP contribution in [-0.2, 0) is 16.1 Å². The summed E-state index contributed by atoms with van der Waals surface area (Å²) in [4.78, 5) is 67.8. The van der Waals surface area contributed by atoms with Crippen LogP contribution >= 0.6 is 0 Å². The Hall–Kier alpha value is -4.08. The molecule has 1 saturated heterocycles. The zero-order valence-corrected chi connectivity index (χ0v) is 18.1. The molecule has 0 aliphatic carbocycles. The van der Waals surface area contributed by atoms with Gasteiger partial charge in [0.1, 0.15) is 5.54 Å². The van der Waals surface area contributed by atoms with Gasteiger partial charge in [0.15, 0.2) is 11.4 Å². The number of nitrogens with one attached hydrogen (secondary N) is 2. The van der Waals surface area contributed by atoms with E-state index in [4.69, 9.17) is 4.74 Å². The molecule has 5 amide bonds. The van der Waals surface area contributed by atoms with E-state index in [-0.39, 0.29) is 47.9 Å². The largest absolute Gasteiger partial charge is 0.491 e. The van der Waals surface area contributed by atoms with E-state index in [0.29, 0.717) is 12.2 Å². The van der Waals surface area contributed by atoms with Crippen LogP contribution in [0.25, 0.3) is 0 Å². The van der Waals surface area contributed by atoms with E-state index in [1.165, 1.54) is 23.2 Å². The number of carbonyl (C=O) groups is 5. The van der Waals surface area contributed by atoms with Crippen LogP contribution in [0.1, 0.15) is 63.5 Å². The summed E-state index contributed by atoms with van der Waals surface area (Å²) in [6.45, 7) is 3.89. The van der Waals surface area contributed by atoms with Crippen LogP contribution in [0.5, 0.6) is 5.75 Å². The lowest BCUT2D eigenvalue weighted by atomic mass is 9.89. The minimum absolute atomic E-state index is 0.0260. The Morgan fingerprint density at radius 3 is 2.73 bits per heavy atom. The molecule has 0 radical (unpaired) electrons. The third-order valence-electron chi connectivity index (χ3n) is 5.87. The first-order valence-electron chi connectivity index (χ1n) is 10.5. The van der Waals surface area contributed by atoms with E-state index in [1.807, 2.05) is 0 Å². The molecule has 0 spiro atoms. The topological polar surface area (TPSA) is 135 Å². The van der Waals surface area contributed by atoms with Crippen LogP contribution in [0.15, 0.2) is 36.5 Å². The summed E-state index contributed by atoms with van der Waals surface area (Å²) in [5, 5.41) is 4.55. The van der Waals surface area contributed by atoms with E-state index in [9.17, 15) is 24.0 Å². The molecule has 1 unspecified atom stereocenters. The predicted molar refractivity (Wildman–Crippen MR) is 114 cm³/mol. The number of pyridine rings is 1. The van der Waals surface area contributed by atoms with Gasteiger partial charge in [0, 0.05) is 30.3 Å². The first kappa shape index (κ1) is 22.1. The second kappa shape index (κ2) is 8.45. The van der Waals surface area contributed by atoms with E-state index >= 15 is 0 Å². The van der Waals surface area contributed by atoms with Crippen LogP contribution in [0.4, 0.5) is 0 Å². The average Bonchev–Trinajstić information content (AvgIpc) is 3.13. The fourth-order valence-electron chi connectivity index (χ4n) is 3.96. The van der Waals surface area contributed by atoms with Gasteiger partial charge in [-0.05, 0) is 50.1 Å². The van der Waals surface area contributed by atoms with Crippen molar-refractivity contribution in [1.82, 2.24) is 20.5 Å². The molecule has 0 bridgehead atoms. The Balaban J connectivity index is 1.53. The van der Waals surface area contributed by atoms with Gasteiger partial charge in [-0.2, -0.15) is 0 Å². The molecule has 170 valence electrons. The van der Waals surface area contributed by atoms with Gasteiger partial charge >= 0.3 is 0 Å². The zero-order chi connectivity index (χ0) is 23.8. The molecule has 10 nitrogen and oxygen atoms in total. The maximum Gasteiger partial charge on any atom is 0.280 e. The van der Waals surface area contributed by atoms with Gasteiger partial charge in [-0.3, -0.25) is 34.6 Å². The number of rotatable bonds is 5. The first-order valence-corrected chi connectivity index (χ1v) is 10.5. The quantitative estimate of drug-likeness (QED) is 0.654. The van der Waals surface area contributed by atoms with Gasteiger partial charge in [0.05, 0.1) is 6.61 Å². The summed E-state index contributed by atoms with van der Waals surface area (Å²) < 4.78 is 5.38. The molecule has 2 aromatic rings. The molecule has 2 aliphatic heterocycles. The smallest absolute Gasteiger partial charge is 0.280 e. The molecule has 1 aromatic heterocycles. The highest BCUT2D eigenvalue weighted by Crippen LogP contribution is 2.34. The van der Waals surface area contributed by atoms with Crippen molar-refractivity contribution in [1.29, 1.82) is 0 Å². The van der Waals surface area contributed by atoms with Crippen LogP contribution in [0, 0.1) is 0 Å². The van der Waals surface area contributed by atoms with Crippen molar-refractivity contribution < 1.29 is 28.7 Å². The average molecular weight is 450 g/mol. The van der Waals surface area contributed by atoms with Gasteiger partial charge in [0.25, 0.3) is 23.6 Å². The van der Waals surface area contributed by atoms with Crippen molar-refractivity contribution in [2.45, 2.75) is 38.8 Å². The molecule has 1 atom stereocenters. The lowest BCUT2D eigenvalue weighted by Gasteiger charge is -2.39. The van der Waals surface area contributed by atoms with Crippen molar-refractivity contribution in [2.75, 3.05) is 6.61 Å².